The fraction of sp³-hybridized carbons (Fsp3) is 0.0435. The highest BCUT2D eigenvalue weighted by atomic mass is 16.5. The third kappa shape index (κ3) is 4.43. The number of primary amides is 1. The third-order valence-corrected chi connectivity index (χ3v) is 4.57. The Morgan fingerprint density at radius 2 is 1.71 bits per heavy atom. The van der Waals surface area contributed by atoms with Crippen LogP contribution >= 0.6 is 0 Å². The zero-order valence-electron chi connectivity index (χ0n) is 16.3. The Morgan fingerprint density at radius 1 is 0.968 bits per heavy atom. The summed E-state index contributed by atoms with van der Waals surface area (Å²) in [5, 5.41) is 2.52. The lowest BCUT2D eigenvalue weighted by Crippen LogP contribution is -2.23. The minimum absolute atomic E-state index is 0.168. The lowest BCUT2D eigenvalue weighted by molar-refractivity contribution is -0.119. The molecule has 0 saturated heterocycles. The highest BCUT2D eigenvalue weighted by Gasteiger charge is 2.15. The van der Waals surface area contributed by atoms with E-state index in [4.69, 9.17) is 10.5 Å². The van der Waals surface area contributed by atoms with E-state index in [9.17, 15) is 14.4 Å². The summed E-state index contributed by atoms with van der Waals surface area (Å²) in [5.74, 6) is -1.23. The fourth-order valence-electron chi connectivity index (χ4n) is 3.08. The van der Waals surface area contributed by atoms with Crippen LogP contribution in [0.4, 0.5) is 5.69 Å². The molecule has 154 valence electrons. The Labute approximate surface area is 177 Å². The molecule has 0 radical (unpaired) electrons. The second-order valence-electron chi connectivity index (χ2n) is 6.72. The van der Waals surface area contributed by atoms with Gasteiger partial charge < -0.3 is 20.8 Å². The van der Waals surface area contributed by atoms with E-state index >= 15 is 0 Å². The molecule has 0 atom stereocenters. The van der Waals surface area contributed by atoms with Gasteiger partial charge in [0.05, 0.1) is 27.8 Å². The molecule has 0 fully saturated rings. The number of nitrogens with zero attached hydrogens (tertiary/aromatic N) is 1. The van der Waals surface area contributed by atoms with Crippen LogP contribution in [-0.4, -0.2) is 34.4 Å². The number of H-pyrrole nitrogens is 1. The first-order valence-corrected chi connectivity index (χ1v) is 9.42. The van der Waals surface area contributed by atoms with E-state index in [1.807, 2.05) is 30.3 Å². The standard InChI is InChI=1S/C23H18N4O4/c24-21(29)16-8-4-5-9-17(16)25-20(28)13-31-23(30)15-10-11-18-19(12-15)27-22(26-18)14-6-2-1-3-7-14/h1-12H,13H2,(H2,24,29)(H,25,28)(H,26,27). The number of benzene rings is 3. The Hall–Kier alpha value is -4.46. The normalized spacial score (nSPS) is 10.6. The van der Waals surface area contributed by atoms with Crippen molar-refractivity contribution in [1.29, 1.82) is 0 Å². The van der Waals surface area contributed by atoms with Gasteiger partial charge in [0.1, 0.15) is 5.82 Å². The summed E-state index contributed by atoms with van der Waals surface area (Å²) in [4.78, 5) is 43.7. The predicted octanol–water partition coefficient (Wildman–Crippen LogP) is 3.12. The summed E-state index contributed by atoms with van der Waals surface area (Å²) >= 11 is 0. The quantitative estimate of drug-likeness (QED) is 0.418. The summed E-state index contributed by atoms with van der Waals surface area (Å²) in [5.41, 5.74) is 8.29. The maximum absolute atomic E-state index is 12.4. The number of aromatic amines is 1. The summed E-state index contributed by atoms with van der Waals surface area (Å²) < 4.78 is 5.10. The maximum atomic E-state index is 12.4. The lowest BCUT2D eigenvalue weighted by atomic mass is 10.1. The summed E-state index contributed by atoms with van der Waals surface area (Å²) in [7, 11) is 0. The molecule has 3 aromatic carbocycles. The van der Waals surface area contributed by atoms with Crippen molar-refractivity contribution in [2.24, 2.45) is 5.73 Å². The number of ether oxygens (including phenoxy) is 1. The minimum atomic E-state index is -0.671. The van der Waals surface area contributed by atoms with E-state index in [1.165, 1.54) is 12.1 Å². The van der Waals surface area contributed by atoms with Gasteiger partial charge in [0.2, 0.25) is 0 Å². The number of carbonyl (C=O) groups is 3. The number of rotatable bonds is 6. The first-order valence-electron chi connectivity index (χ1n) is 9.42. The van der Waals surface area contributed by atoms with Gasteiger partial charge in [-0.2, -0.15) is 0 Å². The molecule has 4 N–H and O–H groups in total. The number of hydrogen-bond acceptors (Lipinski definition) is 5. The van der Waals surface area contributed by atoms with Crippen molar-refractivity contribution in [3.63, 3.8) is 0 Å². The van der Waals surface area contributed by atoms with Crippen molar-refractivity contribution < 1.29 is 19.1 Å². The SMILES string of the molecule is NC(=O)c1ccccc1NC(=O)COC(=O)c1ccc2nc(-c3ccccc3)[nH]c2c1. The molecule has 0 unspecified atom stereocenters. The molecule has 0 aliphatic rings. The average Bonchev–Trinajstić information content (AvgIpc) is 3.22. The molecule has 4 aromatic rings. The Morgan fingerprint density at radius 3 is 2.48 bits per heavy atom. The van der Waals surface area contributed by atoms with Crippen molar-refractivity contribution in [2.75, 3.05) is 11.9 Å². The van der Waals surface area contributed by atoms with E-state index in [1.54, 1.807) is 30.3 Å². The number of hydrogen-bond donors (Lipinski definition) is 3. The molecule has 2 amide bonds. The van der Waals surface area contributed by atoms with E-state index in [0.29, 0.717) is 16.9 Å². The number of imidazole rings is 1. The number of amides is 2. The number of nitrogens with one attached hydrogen (secondary N) is 2. The molecule has 1 aromatic heterocycles. The molecular weight excluding hydrogens is 396 g/mol. The van der Waals surface area contributed by atoms with Gasteiger partial charge >= 0.3 is 5.97 Å². The largest absolute Gasteiger partial charge is 0.452 e. The van der Waals surface area contributed by atoms with E-state index in [0.717, 1.165) is 5.56 Å². The van der Waals surface area contributed by atoms with E-state index in [-0.39, 0.29) is 16.8 Å². The van der Waals surface area contributed by atoms with Gasteiger partial charge in [0, 0.05) is 5.56 Å². The summed E-state index contributed by atoms with van der Waals surface area (Å²) in [6, 6.07) is 20.8. The monoisotopic (exact) mass is 414 g/mol. The second-order valence-corrected chi connectivity index (χ2v) is 6.72. The smallest absolute Gasteiger partial charge is 0.338 e. The number of para-hydroxylation sites is 1. The molecule has 0 aliphatic heterocycles. The van der Waals surface area contributed by atoms with Gasteiger partial charge in [0.25, 0.3) is 11.8 Å². The Bertz CT molecular complexity index is 1280. The van der Waals surface area contributed by atoms with E-state index < -0.39 is 24.4 Å². The van der Waals surface area contributed by atoms with Crippen LogP contribution in [-0.2, 0) is 9.53 Å². The van der Waals surface area contributed by atoms with Gasteiger partial charge in [-0.05, 0) is 30.3 Å². The van der Waals surface area contributed by atoms with Crippen molar-refractivity contribution >= 4 is 34.5 Å². The van der Waals surface area contributed by atoms with Crippen molar-refractivity contribution in [1.82, 2.24) is 9.97 Å². The van der Waals surface area contributed by atoms with Crippen molar-refractivity contribution in [2.45, 2.75) is 0 Å². The van der Waals surface area contributed by atoms with Gasteiger partial charge in [-0.1, -0.05) is 42.5 Å². The molecule has 0 saturated carbocycles. The van der Waals surface area contributed by atoms with Crippen LogP contribution in [0.2, 0.25) is 0 Å². The average molecular weight is 414 g/mol. The van der Waals surface area contributed by atoms with Crippen LogP contribution in [0.25, 0.3) is 22.4 Å². The molecular formula is C23H18N4O4. The fourth-order valence-corrected chi connectivity index (χ4v) is 3.08. The molecule has 31 heavy (non-hydrogen) atoms. The number of fused-ring (bicyclic) bond motifs is 1. The number of aromatic nitrogens is 2. The molecule has 0 aliphatic carbocycles. The molecule has 4 rings (SSSR count). The van der Waals surface area contributed by atoms with Crippen LogP contribution < -0.4 is 11.1 Å². The summed E-state index contributed by atoms with van der Waals surface area (Å²) in [6.07, 6.45) is 0. The van der Waals surface area contributed by atoms with Gasteiger partial charge in [-0.25, -0.2) is 9.78 Å². The van der Waals surface area contributed by atoms with Gasteiger partial charge in [-0.3, -0.25) is 9.59 Å². The second kappa shape index (κ2) is 8.50. The zero-order valence-corrected chi connectivity index (χ0v) is 16.3. The van der Waals surface area contributed by atoms with Crippen molar-refractivity contribution in [3.05, 3.63) is 83.9 Å². The topological polar surface area (TPSA) is 127 Å². The van der Waals surface area contributed by atoms with Crippen LogP contribution in [0.1, 0.15) is 20.7 Å². The first-order chi connectivity index (χ1) is 15.0. The molecule has 0 spiro atoms. The number of anilines is 1. The van der Waals surface area contributed by atoms with Crippen LogP contribution in [0.5, 0.6) is 0 Å². The number of carbonyl (C=O) groups excluding carboxylic acids is 3. The predicted molar refractivity (Wildman–Crippen MR) is 115 cm³/mol. The van der Waals surface area contributed by atoms with E-state index in [2.05, 4.69) is 15.3 Å². The maximum Gasteiger partial charge on any atom is 0.338 e. The Kier molecular flexibility index (Phi) is 5.44. The minimum Gasteiger partial charge on any atom is -0.452 e. The van der Waals surface area contributed by atoms with Crippen LogP contribution in [0.3, 0.4) is 0 Å². The van der Waals surface area contributed by atoms with Crippen molar-refractivity contribution in [3.8, 4) is 11.4 Å². The Balaban J connectivity index is 1.43. The zero-order chi connectivity index (χ0) is 21.8. The summed E-state index contributed by atoms with van der Waals surface area (Å²) in [6.45, 7) is -0.512. The van der Waals surface area contributed by atoms with Gasteiger partial charge in [0.15, 0.2) is 6.61 Å². The lowest BCUT2D eigenvalue weighted by Gasteiger charge is -2.09. The van der Waals surface area contributed by atoms with Crippen LogP contribution in [0, 0.1) is 0 Å². The molecule has 8 nitrogen and oxygen atoms in total. The number of nitrogens with two attached hydrogens (primary N) is 1. The number of esters is 1. The van der Waals surface area contributed by atoms with Crippen LogP contribution in [0.15, 0.2) is 72.8 Å². The highest BCUT2D eigenvalue weighted by molar-refractivity contribution is 6.04. The third-order valence-electron chi connectivity index (χ3n) is 4.57. The molecule has 8 heteroatoms. The highest BCUT2D eigenvalue weighted by Crippen LogP contribution is 2.21. The molecule has 1 heterocycles. The first kappa shape index (κ1) is 19.8. The molecule has 0 bridgehead atoms. The van der Waals surface area contributed by atoms with Gasteiger partial charge in [-0.15, -0.1) is 0 Å².